The van der Waals surface area contributed by atoms with Gasteiger partial charge in [-0.25, -0.2) is 0 Å². The summed E-state index contributed by atoms with van der Waals surface area (Å²) in [6.45, 7) is 0. The van der Waals surface area contributed by atoms with Crippen LogP contribution in [0, 0.1) is 0 Å². The molecule has 0 radical (unpaired) electrons. The number of carboxylic acids is 1. The maximum atomic E-state index is 10.6. The van der Waals surface area contributed by atoms with Crippen molar-refractivity contribution in [3.8, 4) is 11.1 Å². The molecule has 1 N–H and O–H groups in total. The minimum absolute atomic E-state index is 0.318. The molecule has 0 spiro atoms. The van der Waals surface area contributed by atoms with Gasteiger partial charge >= 0.3 is 5.97 Å². The van der Waals surface area contributed by atoms with Gasteiger partial charge in [0.1, 0.15) is 23.2 Å². The number of aliphatic carboxylic acids is 1. The third-order valence-electron chi connectivity index (χ3n) is 7.00. The minimum atomic E-state index is -1.61. The van der Waals surface area contributed by atoms with E-state index in [4.69, 9.17) is 5.11 Å². The number of benzene rings is 3. The highest BCUT2D eigenvalue weighted by atomic mass is 31.2. The molecule has 1 aliphatic rings. The van der Waals surface area contributed by atoms with Crippen molar-refractivity contribution in [1.29, 1.82) is 0 Å². The predicted molar refractivity (Wildman–Crippen MR) is 143 cm³/mol. The average Bonchev–Trinajstić information content (AvgIpc) is 3.14. The number of rotatable bonds is 13. The highest BCUT2D eigenvalue weighted by Crippen LogP contribution is 2.62. The van der Waals surface area contributed by atoms with Gasteiger partial charge in [0.25, 0.3) is 0 Å². The lowest BCUT2D eigenvalue weighted by Crippen LogP contribution is -2.29. The average molecular weight is 460 g/mol. The smallest absolute Gasteiger partial charge is 0.303 e. The van der Waals surface area contributed by atoms with Gasteiger partial charge < -0.3 is 5.11 Å². The van der Waals surface area contributed by atoms with Crippen LogP contribution in [0.15, 0.2) is 78.9 Å². The molecule has 3 aromatic carbocycles. The molecule has 0 atom stereocenters. The molecule has 0 aliphatic carbocycles. The van der Waals surface area contributed by atoms with Crippen LogP contribution in [0.1, 0.15) is 64.2 Å². The van der Waals surface area contributed by atoms with Gasteiger partial charge in [-0.3, -0.25) is 4.79 Å². The van der Waals surface area contributed by atoms with Crippen LogP contribution in [0.25, 0.3) is 11.1 Å². The quantitative estimate of drug-likeness (QED) is 0.222. The Bertz CT molecular complexity index is 998. The first-order valence-corrected chi connectivity index (χ1v) is 14.6. The zero-order valence-corrected chi connectivity index (χ0v) is 20.5. The summed E-state index contributed by atoms with van der Waals surface area (Å²) in [6, 6.07) is 29.5. The van der Waals surface area contributed by atoms with E-state index in [1.807, 2.05) is 0 Å². The lowest BCUT2D eigenvalue weighted by atomic mass is 10.1. The first-order chi connectivity index (χ1) is 16.2. The van der Waals surface area contributed by atoms with Crippen molar-refractivity contribution < 1.29 is 9.90 Å². The summed E-state index contributed by atoms with van der Waals surface area (Å²) in [6.07, 6.45) is 12.3. The van der Waals surface area contributed by atoms with Crippen LogP contribution in [-0.2, 0) is 4.79 Å². The number of unbranched alkanes of at least 4 members (excludes halogenated alkanes) is 8. The van der Waals surface area contributed by atoms with Gasteiger partial charge in [0.2, 0.25) is 0 Å². The van der Waals surface area contributed by atoms with Gasteiger partial charge in [0.05, 0.1) is 6.16 Å². The maximum absolute atomic E-state index is 10.6. The van der Waals surface area contributed by atoms with Crippen molar-refractivity contribution in [3.63, 3.8) is 0 Å². The topological polar surface area (TPSA) is 37.3 Å². The Morgan fingerprint density at radius 1 is 0.576 bits per heavy atom. The first-order valence-electron chi connectivity index (χ1n) is 12.6. The second-order valence-electron chi connectivity index (χ2n) is 9.23. The number of carbonyl (C=O) groups is 1. The normalized spacial score (nSPS) is 13.5. The number of carboxylic acid groups (broad SMARTS) is 1. The van der Waals surface area contributed by atoms with Crippen LogP contribution in [-0.4, -0.2) is 17.2 Å². The molecule has 2 nitrogen and oxygen atoms in total. The van der Waals surface area contributed by atoms with E-state index < -0.39 is 13.2 Å². The molecule has 0 fully saturated rings. The van der Waals surface area contributed by atoms with Crippen LogP contribution >= 0.6 is 7.26 Å². The molecule has 1 aliphatic heterocycles. The van der Waals surface area contributed by atoms with Gasteiger partial charge in [-0.1, -0.05) is 93.1 Å². The fraction of sp³-hybridized carbons (Fsp3) is 0.367. The standard InChI is InChI=1S/C30H35O2P/c31-30(32)23-11-6-4-2-1-3-5-7-16-24-33(25-17-9-8-10-18-25)28-21-14-12-19-26(28)27-20-13-15-22-29(27)33/h8-10,12-15,17-22H,1-7,11,16,23-24H2/p+1. The summed E-state index contributed by atoms with van der Waals surface area (Å²) in [4.78, 5) is 10.6. The molecule has 0 saturated heterocycles. The van der Waals surface area contributed by atoms with Crippen LogP contribution in [0.5, 0.6) is 0 Å². The summed E-state index contributed by atoms with van der Waals surface area (Å²) in [7, 11) is -1.61. The van der Waals surface area contributed by atoms with Gasteiger partial charge in [-0.15, -0.1) is 0 Å². The molecule has 172 valence electrons. The number of fused-ring (bicyclic) bond motifs is 3. The zero-order valence-electron chi connectivity index (χ0n) is 19.6. The number of hydrogen-bond donors (Lipinski definition) is 1. The van der Waals surface area contributed by atoms with Crippen LogP contribution in [0.3, 0.4) is 0 Å². The Kier molecular flexibility index (Phi) is 8.35. The van der Waals surface area contributed by atoms with E-state index in [1.165, 1.54) is 67.5 Å². The summed E-state index contributed by atoms with van der Waals surface area (Å²) in [5.74, 6) is -0.668. The highest BCUT2D eigenvalue weighted by Gasteiger charge is 2.52. The maximum Gasteiger partial charge on any atom is 0.303 e. The molecule has 4 rings (SSSR count). The second kappa shape index (κ2) is 11.6. The van der Waals surface area contributed by atoms with Crippen LogP contribution in [0.4, 0.5) is 0 Å². The monoisotopic (exact) mass is 459 g/mol. The highest BCUT2D eigenvalue weighted by molar-refractivity contribution is 7.96. The van der Waals surface area contributed by atoms with Crippen molar-refractivity contribution in [2.75, 3.05) is 6.16 Å². The first kappa shape index (κ1) is 23.7. The lowest BCUT2D eigenvalue weighted by Gasteiger charge is -2.24. The summed E-state index contributed by atoms with van der Waals surface area (Å²) >= 11 is 0. The Labute approximate surface area is 199 Å². The Morgan fingerprint density at radius 3 is 1.58 bits per heavy atom. The van der Waals surface area contributed by atoms with E-state index >= 15 is 0 Å². The largest absolute Gasteiger partial charge is 0.481 e. The third kappa shape index (κ3) is 5.39. The van der Waals surface area contributed by atoms with E-state index in [2.05, 4.69) is 78.9 Å². The molecule has 0 amide bonds. The molecular weight excluding hydrogens is 423 g/mol. The minimum Gasteiger partial charge on any atom is -0.481 e. The van der Waals surface area contributed by atoms with Crippen molar-refractivity contribution >= 4 is 29.1 Å². The van der Waals surface area contributed by atoms with Gasteiger partial charge in [-0.05, 0) is 43.5 Å². The van der Waals surface area contributed by atoms with E-state index in [1.54, 1.807) is 10.6 Å². The van der Waals surface area contributed by atoms with Gasteiger partial charge in [-0.2, -0.15) is 0 Å². The molecular formula is C30H36O2P+. The third-order valence-corrected chi connectivity index (χ3v) is 11.6. The molecule has 33 heavy (non-hydrogen) atoms. The van der Waals surface area contributed by atoms with E-state index in [9.17, 15) is 4.79 Å². The van der Waals surface area contributed by atoms with E-state index in [0.29, 0.717) is 6.42 Å². The van der Waals surface area contributed by atoms with E-state index in [-0.39, 0.29) is 0 Å². The fourth-order valence-corrected chi connectivity index (χ4v) is 10.2. The number of hydrogen-bond acceptors (Lipinski definition) is 1. The van der Waals surface area contributed by atoms with Gasteiger partial charge in [0, 0.05) is 17.5 Å². The Morgan fingerprint density at radius 2 is 1.03 bits per heavy atom. The van der Waals surface area contributed by atoms with Crippen LogP contribution < -0.4 is 15.9 Å². The Hall–Kier alpha value is -2.44. The predicted octanol–water partition coefficient (Wildman–Crippen LogP) is 6.95. The summed E-state index contributed by atoms with van der Waals surface area (Å²) < 4.78 is 0. The molecule has 0 unspecified atom stereocenters. The molecule has 0 bridgehead atoms. The molecule has 1 heterocycles. The van der Waals surface area contributed by atoms with Crippen LogP contribution in [0.2, 0.25) is 0 Å². The SMILES string of the molecule is O=C(O)CCCCCCCCCCC[P+]1(c2ccccc2)c2ccccc2-c2ccccc21. The van der Waals surface area contributed by atoms with Crippen molar-refractivity contribution in [2.45, 2.75) is 64.2 Å². The summed E-state index contributed by atoms with van der Waals surface area (Å²) in [5, 5.41) is 13.4. The second-order valence-corrected chi connectivity index (χ2v) is 12.8. The molecule has 0 saturated carbocycles. The van der Waals surface area contributed by atoms with Gasteiger partial charge in [0.15, 0.2) is 0 Å². The zero-order chi connectivity index (χ0) is 22.9. The molecule has 3 heteroatoms. The van der Waals surface area contributed by atoms with Crippen molar-refractivity contribution in [3.05, 3.63) is 78.9 Å². The van der Waals surface area contributed by atoms with Crippen molar-refractivity contribution in [2.24, 2.45) is 0 Å². The van der Waals surface area contributed by atoms with E-state index in [0.717, 1.165) is 12.8 Å². The fourth-order valence-electron chi connectivity index (χ4n) is 5.39. The summed E-state index contributed by atoms with van der Waals surface area (Å²) in [5.41, 5.74) is 2.88. The molecule has 0 aromatic heterocycles. The lowest BCUT2D eigenvalue weighted by molar-refractivity contribution is -0.137. The Balaban J connectivity index is 1.38. The molecule has 3 aromatic rings. The van der Waals surface area contributed by atoms with Crippen molar-refractivity contribution in [1.82, 2.24) is 0 Å².